The number of hydrogen-bond acceptors (Lipinski definition) is 7. The Morgan fingerprint density at radius 3 is 3.19 bits per heavy atom. The Hall–Kier alpha value is -1.25. The van der Waals surface area contributed by atoms with Crippen LogP contribution in [-0.4, -0.2) is 42.3 Å². The van der Waals surface area contributed by atoms with Crippen LogP contribution < -0.4 is 10.6 Å². The number of aromatic nitrogens is 1. The zero-order valence-electron chi connectivity index (χ0n) is 8.67. The summed E-state index contributed by atoms with van der Waals surface area (Å²) in [6, 6.07) is 0.107. The topological polar surface area (TPSA) is 89.3 Å². The van der Waals surface area contributed by atoms with Gasteiger partial charge in [0.25, 0.3) is 0 Å². The zero-order chi connectivity index (χ0) is 11.5. The first kappa shape index (κ1) is 11.2. The summed E-state index contributed by atoms with van der Waals surface area (Å²) < 4.78 is 5.27. The monoisotopic (exact) mass is 244 g/mol. The summed E-state index contributed by atoms with van der Waals surface area (Å²) in [5, 5.41) is 17.4. The van der Waals surface area contributed by atoms with Crippen LogP contribution in [0, 0.1) is 10.1 Å². The molecule has 0 aromatic carbocycles. The molecule has 2 atom stereocenters. The van der Waals surface area contributed by atoms with Gasteiger partial charge in [0.15, 0.2) is 5.13 Å². The lowest BCUT2D eigenvalue weighted by Gasteiger charge is -2.17. The molecule has 1 saturated heterocycles. The van der Waals surface area contributed by atoms with E-state index in [0.717, 1.165) is 24.4 Å². The molecule has 1 aromatic rings. The van der Waals surface area contributed by atoms with Crippen LogP contribution in [0.25, 0.3) is 0 Å². The van der Waals surface area contributed by atoms with E-state index in [0.29, 0.717) is 5.13 Å². The summed E-state index contributed by atoms with van der Waals surface area (Å²) in [7, 11) is 1.65. The van der Waals surface area contributed by atoms with E-state index < -0.39 is 4.92 Å². The van der Waals surface area contributed by atoms with E-state index >= 15 is 0 Å². The van der Waals surface area contributed by atoms with Crippen LogP contribution in [0.1, 0.15) is 0 Å². The minimum absolute atomic E-state index is 0.0439. The van der Waals surface area contributed by atoms with Gasteiger partial charge < -0.3 is 15.4 Å². The largest absolute Gasteiger partial charge is 0.378 e. The smallest absolute Gasteiger partial charge is 0.345 e. The number of hydrogen-bond donors (Lipinski definition) is 2. The quantitative estimate of drug-likeness (QED) is 0.590. The highest BCUT2D eigenvalue weighted by Gasteiger charge is 2.27. The van der Waals surface area contributed by atoms with E-state index in [4.69, 9.17) is 4.74 Å². The van der Waals surface area contributed by atoms with Gasteiger partial charge in [-0.2, -0.15) is 0 Å². The maximum Gasteiger partial charge on any atom is 0.345 e. The van der Waals surface area contributed by atoms with Crippen molar-refractivity contribution in [2.75, 3.05) is 25.5 Å². The number of methoxy groups -OCH3 is 1. The van der Waals surface area contributed by atoms with Crippen molar-refractivity contribution in [3.63, 3.8) is 0 Å². The van der Waals surface area contributed by atoms with Gasteiger partial charge in [0, 0.05) is 20.2 Å². The van der Waals surface area contributed by atoms with Crippen LogP contribution in [0.3, 0.4) is 0 Å². The van der Waals surface area contributed by atoms with Gasteiger partial charge in [-0.25, -0.2) is 4.98 Å². The van der Waals surface area contributed by atoms with Crippen LogP contribution in [0.4, 0.5) is 10.1 Å². The second-order valence-electron chi connectivity index (χ2n) is 3.44. The fourth-order valence-corrected chi connectivity index (χ4v) is 2.32. The summed E-state index contributed by atoms with van der Waals surface area (Å²) in [6.45, 7) is 1.55. The Morgan fingerprint density at radius 2 is 2.56 bits per heavy atom. The van der Waals surface area contributed by atoms with E-state index in [1.54, 1.807) is 7.11 Å². The van der Waals surface area contributed by atoms with Crippen molar-refractivity contribution in [1.29, 1.82) is 0 Å². The molecular formula is C8H12N4O3S. The maximum atomic E-state index is 10.5. The van der Waals surface area contributed by atoms with Gasteiger partial charge >= 0.3 is 5.00 Å². The predicted molar refractivity (Wildman–Crippen MR) is 59.8 cm³/mol. The van der Waals surface area contributed by atoms with Crippen LogP contribution in [0.5, 0.6) is 0 Å². The summed E-state index contributed by atoms with van der Waals surface area (Å²) in [4.78, 5) is 14.0. The second-order valence-corrected chi connectivity index (χ2v) is 4.45. The van der Waals surface area contributed by atoms with Gasteiger partial charge in [0.2, 0.25) is 0 Å². The number of thiazole rings is 1. The predicted octanol–water partition coefficient (Wildman–Crippen LogP) is 0.450. The van der Waals surface area contributed by atoms with E-state index in [9.17, 15) is 10.1 Å². The van der Waals surface area contributed by atoms with Crippen molar-refractivity contribution in [2.45, 2.75) is 12.1 Å². The normalized spacial score (nSPS) is 24.6. The third-order valence-electron chi connectivity index (χ3n) is 2.44. The van der Waals surface area contributed by atoms with Crippen LogP contribution >= 0.6 is 11.3 Å². The Labute approximate surface area is 96.0 Å². The third kappa shape index (κ3) is 2.29. The molecule has 1 aliphatic rings. The first-order chi connectivity index (χ1) is 7.70. The molecule has 0 bridgehead atoms. The van der Waals surface area contributed by atoms with Crippen LogP contribution in [-0.2, 0) is 4.74 Å². The Kier molecular flexibility index (Phi) is 3.32. The van der Waals surface area contributed by atoms with E-state index in [2.05, 4.69) is 15.6 Å². The summed E-state index contributed by atoms with van der Waals surface area (Å²) >= 11 is 1.04. The van der Waals surface area contributed by atoms with Crippen molar-refractivity contribution in [2.24, 2.45) is 0 Å². The SMILES string of the molecule is CO[C@H]1CNCC1Nc1ncc([N+](=O)[O-])s1. The molecule has 2 rings (SSSR count). The lowest BCUT2D eigenvalue weighted by atomic mass is 10.2. The average molecular weight is 244 g/mol. The molecule has 0 radical (unpaired) electrons. The number of rotatable bonds is 4. The third-order valence-corrected chi connectivity index (χ3v) is 3.32. The molecule has 1 fully saturated rings. The second kappa shape index (κ2) is 4.73. The highest BCUT2D eigenvalue weighted by Crippen LogP contribution is 2.26. The molecule has 2 heterocycles. The summed E-state index contributed by atoms with van der Waals surface area (Å²) in [5.41, 5.74) is 0. The van der Waals surface area contributed by atoms with Crippen molar-refractivity contribution in [3.05, 3.63) is 16.3 Å². The van der Waals surface area contributed by atoms with E-state index in [-0.39, 0.29) is 17.1 Å². The molecule has 0 spiro atoms. The molecule has 1 unspecified atom stereocenters. The van der Waals surface area contributed by atoms with Crippen LogP contribution in [0.2, 0.25) is 0 Å². The minimum Gasteiger partial charge on any atom is -0.378 e. The molecule has 0 saturated carbocycles. The molecule has 7 nitrogen and oxygen atoms in total. The lowest BCUT2D eigenvalue weighted by molar-refractivity contribution is -0.380. The molecule has 2 N–H and O–H groups in total. The first-order valence-corrected chi connectivity index (χ1v) is 5.62. The molecule has 8 heteroatoms. The fourth-order valence-electron chi connectivity index (χ4n) is 1.62. The van der Waals surface area contributed by atoms with E-state index in [1.165, 1.54) is 6.20 Å². The van der Waals surface area contributed by atoms with Crippen molar-refractivity contribution < 1.29 is 9.66 Å². The number of nitrogens with zero attached hydrogens (tertiary/aromatic N) is 2. The lowest BCUT2D eigenvalue weighted by Crippen LogP contribution is -2.33. The van der Waals surface area contributed by atoms with Crippen molar-refractivity contribution in [1.82, 2.24) is 10.3 Å². The standard InChI is InChI=1S/C8H12N4O3S/c1-15-6-3-9-2-5(6)11-8-10-4-7(16-8)12(13)14/h4-6,9H,2-3H2,1H3,(H,10,11)/t5?,6-/m0/s1. The molecule has 88 valence electrons. The van der Waals surface area contributed by atoms with Gasteiger partial charge in [0.05, 0.1) is 17.1 Å². The highest BCUT2D eigenvalue weighted by molar-refractivity contribution is 7.18. The maximum absolute atomic E-state index is 10.5. The molecule has 1 aromatic heterocycles. The fraction of sp³-hybridized carbons (Fsp3) is 0.625. The Bertz CT molecular complexity index is 383. The Morgan fingerprint density at radius 1 is 1.75 bits per heavy atom. The average Bonchev–Trinajstić information content (AvgIpc) is 2.87. The van der Waals surface area contributed by atoms with Gasteiger partial charge in [-0.3, -0.25) is 10.1 Å². The summed E-state index contributed by atoms with van der Waals surface area (Å²) in [5.74, 6) is 0. The number of nitro groups is 1. The van der Waals surface area contributed by atoms with Crippen molar-refractivity contribution in [3.8, 4) is 0 Å². The Balaban J connectivity index is 2.00. The minimum atomic E-state index is -0.441. The van der Waals surface area contributed by atoms with Crippen LogP contribution in [0.15, 0.2) is 6.20 Å². The van der Waals surface area contributed by atoms with Crippen molar-refractivity contribution >= 4 is 21.5 Å². The molecule has 0 aliphatic carbocycles. The number of anilines is 1. The van der Waals surface area contributed by atoms with Gasteiger partial charge in [-0.1, -0.05) is 0 Å². The van der Waals surface area contributed by atoms with Gasteiger partial charge in [-0.15, -0.1) is 0 Å². The van der Waals surface area contributed by atoms with E-state index in [1.807, 2.05) is 0 Å². The zero-order valence-corrected chi connectivity index (χ0v) is 9.49. The molecule has 1 aliphatic heterocycles. The molecule has 16 heavy (non-hydrogen) atoms. The highest BCUT2D eigenvalue weighted by atomic mass is 32.1. The summed E-state index contributed by atoms with van der Waals surface area (Å²) in [6.07, 6.45) is 1.33. The van der Waals surface area contributed by atoms with Gasteiger partial charge in [-0.05, 0) is 11.3 Å². The number of ether oxygens (including phenoxy) is 1. The molecular weight excluding hydrogens is 232 g/mol. The number of nitrogens with one attached hydrogen (secondary N) is 2. The first-order valence-electron chi connectivity index (χ1n) is 4.81. The molecule has 0 amide bonds. The van der Waals surface area contributed by atoms with Gasteiger partial charge in [0.1, 0.15) is 6.20 Å².